The number of hydrogen-bond acceptors (Lipinski definition) is 4. The highest BCUT2D eigenvalue weighted by Gasteiger charge is 2.37. The Bertz CT molecular complexity index is 449. The van der Waals surface area contributed by atoms with E-state index < -0.39 is 42.8 Å². The fourth-order valence-corrected chi connectivity index (χ4v) is 2.53. The van der Waals surface area contributed by atoms with Gasteiger partial charge in [-0.05, 0) is 33.6 Å². The predicted molar refractivity (Wildman–Crippen MR) is 80.3 cm³/mol. The number of carbonyl (C=O) groups is 2. The third kappa shape index (κ3) is 6.94. The molecule has 0 saturated carbocycles. The maximum atomic E-state index is 12.6. The second kappa shape index (κ2) is 8.04. The topological polar surface area (TPSA) is 70.1 Å². The number of ether oxygens (including phenoxy) is 1. The van der Waals surface area contributed by atoms with Gasteiger partial charge in [0.2, 0.25) is 5.91 Å². The Morgan fingerprint density at radius 2 is 1.92 bits per heavy atom. The van der Waals surface area contributed by atoms with E-state index in [1.54, 1.807) is 20.8 Å². The van der Waals surface area contributed by atoms with Crippen molar-refractivity contribution in [2.24, 2.45) is 5.92 Å². The average Bonchev–Trinajstić information content (AvgIpc) is 2.43. The Labute approximate surface area is 139 Å². The van der Waals surface area contributed by atoms with Crippen LogP contribution in [0.2, 0.25) is 0 Å². The molecular weight excluding hydrogens is 329 g/mol. The molecule has 0 aromatic carbocycles. The van der Waals surface area contributed by atoms with E-state index in [-0.39, 0.29) is 13.1 Å². The molecule has 24 heavy (non-hydrogen) atoms. The van der Waals surface area contributed by atoms with E-state index in [2.05, 4.69) is 0 Å². The molecule has 1 fully saturated rings. The molecule has 0 radical (unpaired) electrons. The fourth-order valence-electron chi connectivity index (χ4n) is 2.53. The van der Waals surface area contributed by atoms with E-state index in [0.717, 1.165) is 0 Å². The summed E-state index contributed by atoms with van der Waals surface area (Å²) in [5.41, 5.74) is -0.687. The Balaban J connectivity index is 2.73. The standard InChI is InChI=1S/C15H25F3N2O4/c1-14(2,3)24-13(23)19-6-4-5-11(9-19)12(22)20(7-8-21)10-15(16,17)18/h11,21H,4-10H2,1-3H3. The van der Waals surface area contributed by atoms with E-state index in [9.17, 15) is 22.8 Å². The molecule has 9 heteroatoms. The van der Waals surface area contributed by atoms with Crippen molar-refractivity contribution in [3.8, 4) is 0 Å². The lowest BCUT2D eigenvalue weighted by Gasteiger charge is -2.35. The molecule has 1 aliphatic heterocycles. The Hall–Kier alpha value is -1.51. The summed E-state index contributed by atoms with van der Waals surface area (Å²) >= 11 is 0. The summed E-state index contributed by atoms with van der Waals surface area (Å²) in [6.07, 6.45) is -4.21. The van der Waals surface area contributed by atoms with Crippen LogP contribution in [0.5, 0.6) is 0 Å². The van der Waals surface area contributed by atoms with Crippen LogP contribution in [0.15, 0.2) is 0 Å². The zero-order chi connectivity index (χ0) is 18.5. The number of amides is 2. The quantitative estimate of drug-likeness (QED) is 0.839. The van der Waals surface area contributed by atoms with Gasteiger partial charge >= 0.3 is 12.3 Å². The summed E-state index contributed by atoms with van der Waals surface area (Å²) in [6, 6.07) is 0. The highest BCUT2D eigenvalue weighted by atomic mass is 19.4. The summed E-state index contributed by atoms with van der Waals surface area (Å²) in [6.45, 7) is 3.21. The maximum absolute atomic E-state index is 12.6. The van der Waals surface area contributed by atoms with Crippen LogP contribution in [-0.4, -0.2) is 71.5 Å². The van der Waals surface area contributed by atoms with Gasteiger partial charge in [0, 0.05) is 19.6 Å². The smallest absolute Gasteiger partial charge is 0.410 e. The van der Waals surface area contributed by atoms with E-state index in [4.69, 9.17) is 9.84 Å². The second-order valence-corrected chi connectivity index (χ2v) is 6.86. The minimum absolute atomic E-state index is 0.0214. The number of alkyl halides is 3. The molecule has 1 rings (SSSR count). The van der Waals surface area contributed by atoms with Crippen molar-refractivity contribution >= 4 is 12.0 Å². The van der Waals surface area contributed by atoms with Crippen LogP contribution >= 0.6 is 0 Å². The van der Waals surface area contributed by atoms with Crippen molar-refractivity contribution in [3.63, 3.8) is 0 Å². The number of hydrogen-bond donors (Lipinski definition) is 1. The summed E-state index contributed by atoms with van der Waals surface area (Å²) in [4.78, 5) is 26.4. The van der Waals surface area contributed by atoms with E-state index in [1.807, 2.05) is 0 Å². The first-order valence-corrected chi connectivity index (χ1v) is 7.87. The van der Waals surface area contributed by atoms with Crippen molar-refractivity contribution in [2.45, 2.75) is 45.4 Å². The molecule has 140 valence electrons. The number of halogens is 3. The van der Waals surface area contributed by atoms with Crippen molar-refractivity contribution < 1.29 is 32.6 Å². The molecule has 1 saturated heterocycles. The van der Waals surface area contributed by atoms with Crippen molar-refractivity contribution in [2.75, 3.05) is 32.8 Å². The van der Waals surface area contributed by atoms with Crippen molar-refractivity contribution in [3.05, 3.63) is 0 Å². The Morgan fingerprint density at radius 3 is 2.42 bits per heavy atom. The third-order valence-corrected chi connectivity index (χ3v) is 3.47. The lowest BCUT2D eigenvalue weighted by molar-refractivity contribution is -0.165. The molecule has 1 atom stereocenters. The number of aliphatic hydroxyl groups is 1. The van der Waals surface area contributed by atoms with Gasteiger partial charge < -0.3 is 19.6 Å². The zero-order valence-corrected chi connectivity index (χ0v) is 14.2. The number of nitrogens with zero attached hydrogens (tertiary/aromatic N) is 2. The Morgan fingerprint density at radius 1 is 1.29 bits per heavy atom. The maximum Gasteiger partial charge on any atom is 0.410 e. The van der Waals surface area contributed by atoms with E-state index in [1.165, 1.54) is 4.90 Å². The van der Waals surface area contributed by atoms with Gasteiger partial charge in [-0.1, -0.05) is 0 Å². The van der Waals surface area contributed by atoms with Crippen LogP contribution < -0.4 is 0 Å². The van der Waals surface area contributed by atoms with Crippen LogP contribution in [-0.2, 0) is 9.53 Å². The molecule has 2 amide bonds. The molecule has 1 aliphatic rings. The molecule has 0 aliphatic carbocycles. The summed E-state index contributed by atoms with van der Waals surface area (Å²) < 4.78 is 43.0. The van der Waals surface area contributed by atoms with Gasteiger partial charge in [0.1, 0.15) is 12.1 Å². The average molecular weight is 354 g/mol. The molecule has 0 spiro atoms. The fraction of sp³-hybridized carbons (Fsp3) is 0.867. The SMILES string of the molecule is CC(C)(C)OC(=O)N1CCCC(C(=O)N(CCO)CC(F)(F)F)C1. The first kappa shape index (κ1) is 20.5. The van der Waals surface area contributed by atoms with Crippen LogP contribution in [0.25, 0.3) is 0 Å². The minimum atomic E-state index is -4.54. The number of piperidine rings is 1. The first-order valence-electron chi connectivity index (χ1n) is 7.87. The summed E-state index contributed by atoms with van der Waals surface area (Å²) in [5.74, 6) is -1.42. The second-order valence-electron chi connectivity index (χ2n) is 6.86. The largest absolute Gasteiger partial charge is 0.444 e. The molecule has 1 heterocycles. The van der Waals surface area contributed by atoms with Gasteiger partial charge in [0.15, 0.2) is 0 Å². The third-order valence-electron chi connectivity index (χ3n) is 3.47. The number of aliphatic hydroxyl groups excluding tert-OH is 1. The van der Waals surface area contributed by atoms with E-state index >= 15 is 0 Å². The minimum Gasteiger partial charge on any atom is -0.444 e. The molecule has 6 nitrogen and oxygen atoms in total. The first-order chi connectivity index (χ1) is 10.9. The molecule has 0 aromatic rings. The number of carbonyl (C=O) groups excluding carboxylic acids is 2. The molecule has 0 aromatic heterocycles. The predicted octanol–water partition coefficient (Wildman–Crippen LogP) is 2.02. The van der Waals surface area contributed by atoms with Gasteiger partial charge in [-0.3, -0.25) is 4.79 Å². The van der Waals surface area contributed by atoms with Gasteiger partial charge in [-0.2, -0.15) is 13.2 Å². The lowest BCUT2D eigenvalue weighted by atomic mass is 9.96. The summed E-state index contributed by atoms with van der Waals surface area (Å²) in [7, 11) is 0. The highest BCUT2D eigenvalue weighted by Crippen LogP contribution is 2.23. The van der Waals surface area contributed by atoms with Crippen LogP contribution in [0.4, 0.5) is 18.0 Å². The molecule has 1 N–H and O–H groups in total. The van der Waals surface area contributed by atoms with Crippen LogP contribution in [0.1, 0.15) is 33.6 Å². The molecule has 1 unspecified atom stereocenters. The van der Waals surface area contributed by atoms with Gasteiger partial charge in [0.25, 0.3) is 0 Å². The number of rotatable bonds is 4. The van der Waals surface area contributed by atoms with Gasteiger partial charge in [-0.15, -0.1) is 0 Å². The van der Waals surface area contributed by atoms with Gasteiger partial charge in [0.05, 0.1) is 12.5 Å². The van der Waals surface area contributed by atoms with Crippen molar-refractivity contribution in [1.29, 1.82) is 0 Å². The summed E-state index contributed by atoms with van der Waals surface area (Å²) in [5, 5.41) is 8.90. The molecular formula is C15H25F3N2O4. The van der Waals surface area contributed by atoms with Crippen LogP contribution in [0.3, 0.4) is 0 Å². The number of likely N-dealkylation sites (tertiary alicyclic amines) is 1. The van der Waals surface area contributed by atoms with Crippen molar-refractivity contribution in [1.82, 2.24) is 9.80 Å². The highest BCUT2D eigenvalue weighted by molar-refractivity contribution is 5.80. The van der Waals surface area contributed by atoms with Crippen LogP contribution in [0, 0.1) is 5.92 Å². The van der Waals surface area contributed by atoms with Gasteiger partial charge in [-0.25, -0.2) is 4.79 Å². The normalized spacial score (nSPS) is 19.1. The monoisotopic (exact) mass is 354 g/mol. The lowest BCUT2D eigenvalue weighted by Crippen LogP contribution is -2.50. The zero-order valence-electron chi connectivity index (χ0n) is 14.2. The van der Waals surface area contributed by atoms with E-state index in [0.29, 0.717) is 24.3 Å². The molecule has 0 bridgehead atoms. The Kier molecular flexibility index (Phi) is 6.88.